The zero-order chi connectivity index (χ0) is 14.8. The monoisotopic (exact) mass is 318 g/mol. The van der Waals surface area contributed by atoms with Crippen LogP contribution in [0.4, 0.5) is 13.2 Å². The van der Waals surface area contributed by atoms with Crippen molar-refractivity contribution in [1.29, 1.82) is 0 Å². The van der Waals surface area contributed by atoms with Gasteiger partial charge in [0.15, 0.2) is 4.34 Å². The van der Waals surface area contributed by atoms with E-state index in [1.807, 2.05) is 12.3 Å². The predicted octanol–water partition coefficient (Wildman–Crippen LogP) is 4.12. The fourth-order valence-electron chi connectivity index (χ4n) is 1.68. The zero-order valence-electron chi connectivity index (χ0n) is 10.7. The number of hydrogen-bond donors (Lipinski definition) is 1. The molecule has 0 aliphatic rings. The number of nitrogens with two attached hydrogens (primary N) is 1. The van der Waals surface area contributed by atoms with Crippen molar-refractivity contribution in [2.24, 2.45) is 5.73 Å². The molecule has 1 aromatic heterocycles. The highest BCUT2D eigenvalue weighted by molar-refractivity contribution is 8.01. The Kier molecular flexibility index (Phi) is 4.72. The van der Waals surface area contributed by atoms with E-state index in [4.69, 9.17) is 5.73 Å². The quantitative estimate of drug-likeness (QED) is 0.921. The van der Waals surface area contributed by atoms with Crippen molar-refractivity contribution in [3.05, 3.63) is 40.4 Å². The second-order valence-electron chi connectivity index (χ2n) is 4.22. The first-order chi connectivity index (χ1) is 9.40. The van der Waals surface area contributed by atoms with Crippen molar-refractivity contribution in [2.45, 2.75) is 28.8 Å². The average molecular weight is 318 g/mol. The normalized spacial score (nSPS) is 11.8. The van der Waals surface area contributed by atoms with E-state index in [9.17, 15) is 13.2 Å². The first-order valence-electron chi connectivity index (χ1n) is 5.90. The van der Waals surface area contributed by atoms with Crippen LogP contribution in [0.2, 0.25) is 0 Å². The van der Waals surface area contributed by atoms with E-state index in [-0.39, 0.29) is 4.90 Å². The maximum absolute atomic E-state index is 13.1. The molecule has 2 rings (SSSR count). The average Bonchev–Trinajstić information content (AvgIpc) is 2.76. The largest absolute Gasteiger partial charge is 0.417 e. The first-order valence-corrected chi connectivity index (χ1v) is 7.60. The summed E-state index contributed by atoms with van der Waals surface area (Å²) >= 11 is 2.39. The summed E-state index contributed by atoms with van der Waals surface area (Å²) in [6.07, 6.45) is -3.94. The summed E-state index contributed by atoms with van der Waals surface area (Å²) < 4.78 is 40.0. The molecule has 1 aromatic carbocycles. The molecular formula is C13H13F3N2S2. The third-order valence-electron chi connectivity index (χ3n) is 2.58. The molecule has 0 fully saturated rings. The summed E-state index contributed by atoms with van der Waals surface area (Å²) in [5.41, 5.74) is 6.17. The van der Waals surface area contributed by atoms with Gasteiger partial charge in [0.1, 0.15) is 0 Å². The van der Waals surface area contributed by atoms with Gasteiger partial charge in [-0.1, -0.05) is 17.8 Å². The standard InChI is InChI=1S/C13H13F3N2S2/c1-8-7-19-12(18-8)20-11-3-2-9(4-5-17)6-10(11)13(14,15)16/h2-3,6-7H,4-5,17H2,1H3. The highest BCUT2D eigenvalue weighted by Gasteiger charge is 2.34. The Morgan fingerprint density at radius 2 is 2.10 bits per heavy atom. The van der Waals surface area contributed by atoms with Crippen LogP contribution in [0.3, 0.4) is 0 Å². The fraction of sp³-hybridized carbons (Fsp3) is 0.308. The van der Waals surface area contributed by atoms with Crippen molar-refractivity contribution in [1.82, 2.24) is 4.98 Å². The van der Waals surface area contributed by atoms with Crippen LogP contribution in [0.1, 0.15) is 16.8 Å². The summed E-state index contributed by atoms with van der Waals surface area (Å²) in [5, 5.41) is 1.82. The highest BCUT2D eigenvalue weighted by Crippen LogP contribution is 2.40. The lowest BCUT2D eigenvalue weighted by Gasteiger charge is -2.13. The molecule has 0 unspecified atom stereocenters. The van der Waals surface area contributed by atoms with Gasteiger partial charge in [-0.25, -0.2) is 4.98 Å². The van der Waals surface area contributed by atoms with E-state index in [2.05, 4.69) is 4.98 Å². The van der Waals surface area contributed by atoms with Gasteiger partial charge in [0.2, 0.25) is 0 Å². The summed E-state index contributed by atoms with van der Waals surface area (Å²) in [6.45, 7) is 2.14. The first kappa shape index (κ1) is 15.3. The molecule has 7 heteroatoms. The van der Waals surface area contributed by atoms with Gasteiger partial charge in [0.25, 0.3) is 0 Å². The molecule has 108 valence electrons. The Morgan fingerprint density at radius 1 is 1.35 bits per heavy atom. The topological polar surface area (TPSA) is 38.9 Å². The van der Waals surface area contributed by atoms with E-state index in [1.54, 1.807) is 6.07 Å². The van der Waals surface area contributed by atoms with Gasteiger partial charge < -0.3 is 5.73 Å². The van der Waals surface area contributed by atoms with E-state index in [0.717, 1.165) is 17.5 Å². The van der Waals surface area contributed by atoms with Crippen LogP contribution in [0.25, 0.3) is 0 Å². The molecule has 0 amide bonds. The van der Waals surface area contributed by atoms with Crippen molar-refractivity contribution in [3.8, 4) is 0 Å². The summed E-state index contributed by atoms with van der Waals surface area (Å²) in [6, 6.07) is 4.36. The molecule has 0 aliphatic carbocycles. The van der Waals surface area contributed by atoms with Crippen LogP contribution in [0.5, 0.6) is 0 Å². The number of halogens is 3. The van der Waals surface area contributed by atoms with Gasteiger partial charge in [0.05, 0.1) is 5.56 Å². The number of thiazole rings is 1. The van der Waals surface area contributed by atoms with Crippen LogP contribution >= 0.6 is 23.1 Å². The Bertz CT molecular complexity index is 594. The summed E-state index contributed by atoms with van der Waals surface area (Å²) in [5.74, 6) is 0. The van der Waals surface area contributed by atoms with Crippen LogP contribution < -0.4 is 5.73 Å². The maximum Gasteiger partial charge on any atom is 0.417 e. The molecule has 0 radical (unpaired) electrons. The number of rotatable bonds is 4. The predicted molar refractivity (Wildman–Crippen MR) is 75.2 cm³/mol. The lowest BCUT2D eigenvalue weighted by Crippen LogP contribution is -2.09. The molecule has 2 aromatic rings. The van der Waals surface area contributed by atoms with E-state index in [0.29, 0.717) is 22.9 Å². The van der Waals surface area contributed by atoms with E-state index >= 15 is 0 Å². The molecule has 0 spiro atoms. The number of benzene rings is 1. The maximum atomic E-state index is 13.1. The molecule has 0 bridgehead atoms. The Hall–Kier alpha value is -1.05. The minimum absolute atomic E-state index is 0.174. The SMILES string of the molecule is Cc1csc(Sc2ccc(CCN)cc2C(F)(F)F)n1. The van der Waals surface area contributed by atoms with Crippen LogP contribution in [-0.4, -0.2) is 11.5 Å². The van der Waals surface area contributed by atoms with Crippen LogP contribution in [0, 0.1) is 6.92 Å². The van der Waals surface area contributed by atoms with E-state index in [1.165, 1.54) is 23.5 Å². The third-order valence-corrected chi connectivity index (χ3v) is 4.71. The van der Waals surface area contributed by atoms with Gasteiger partial charge in [-0.15, -0.1) is 11.3 Å². The van der Waals surface area contributed by atoms with Crippen molar-refractivity contribution >= 4 is 23.1 Å². The fourth-order valence-corrected chi connectivity index (χ4v) is 3.61. The van der Waals surface area contributed by atoms with Gasteiger partial charge in [0, 0.05) is 16.0 Å². The number of nitrogens with zero attached hydrogens (tertiary/aromatic N) is 1. The van der Waals surface area contributed by atoms with Crippen molar-refractivity contribution in [2.75, 3.05) is 6.54 Å². The second-order valence-corrected chi connectivity index (χ2v) is 6.37. The molecule has 20 heavy (non-hydrogen) atoms. The molecule has 0 atom stereocenters. The highest BCUT2D eigenvalue weighted by atomic mass is 32.2. The lowest BCUT2D eigenvalue weighted by atomic mass is 10.1. The molecule has 2 nitrogen and oxygen atoms in total. The van der Waals surface area contributed by atoms with Crippen molar-refractivity contribution in [3.63, 3.8) is 0 Å². The Labute approximate surface area is 123 Å². The van der Waals surface area contributed by atoms with Crippen molar-refractivity contribution < 1.29 is 13.2 Å². The Balaban J connectivity index is 2.36. The third kappa shape index (κ3) is 3.74. The minimum Gasteiger partial charge on any atom is -0.330 e. The molecular weight excluding hydrogens is 305 g/mol. The van der Waals surface area contributed by atoms with E-state index < -0.39 is 11.7 Å². The number of hydrogen-bond acceptors (Lipinski definition) is 4. The van der Waals surface area contributed by atoms with Gasteiger partial charge in [-0.2, -0.15) is 13.2 Å². The molecule has 0 saturated heterocycles. The Morgan fingerprint density at radius 3 is 2.65 bits per heavy atom. The molecule has 2 N–H and O–H groups in total. The smallest absolute Gasteiger partial charge is 0.330 e. The summed E-state index contributed by atoms with van der Waals surface area (Å²) in [7, 11) is 0. The molecule has 1 heterocycles. The summed E-state index contributed by atoms with van der Waals surface area (Å²) in [4.78, 5) is 4.36. The number of aryl methyl sites for hydroxylation is 1. The lowest BCUT2D eigenvalue weighted by molar-refractivity contribution is -0.139. The van der Waals surface area contributed by atoms with Gasteiger partial charge >= 0.3 is 6.18 Å². The number of alkyl halides is 3. The molecule has 0 saturated carbocycles. The number of aromatic nitrogens is 1. The minimum atomic E-state index is -4.38. The zero-order valence-corrected chi connectivity index (χ0v) is 12.3. The van der Waals surface area contributed by atoms with Gasteiger partial charge in [-0.05, 0) is 37.6 Å². The van der Waals surface area contributed by atoms with Crippen LogP contribution in [0.15, 0.2) is 32.8 Å². The van der Waals surface area contributed by atoms with Crippen LogP contribution in [-0.2, 0) is 12.6 Å². The van der Waals surface area contributed by atoms with Gasteiger partial charge in [-0.3, -0.25) is 0 Å². The molecule has 0 aliphatic heterocycles. The second kappa shape index (κ2) is 6.15.